The molecule has 0 aliphatic carbocycles. The molecule has 0 bridgehead atoms. The molecule has 0 saturated carbocycles. The Hall–Kier alpha value is -0.970. The molecule has 0 aromatic carbocycles. The van der Waals surface area contributed by atoms with Gasteiger partial charge in [-0.2, -0.15) is 16.9 Å². The molecule has 14 heavy (non-hydrogen) atoms. The van der Waals surface area contributed by atoms with Crippen molar-refractivity contribution in [3.8, 4) is 0 Å². The predicted octanol–water partition coefficient (Wildman–Crippen LogP) is 1.03. The van der Waals surface area contributed by atoms with Gasteiger partial charge < -0.3 is 5.32 Å². The van der Waals surface area contributed by atoms with Gasteiger partial charge in [-0.25, -0.2) is 0 Å². The van der Waals surface area contributed by atoms with Gasteiger partial charge in [0.1, 0.15) is 0 Å². The quantitative estimate of drug-likeness (QED) is 0.768. The molecule has 2 atom stereocenters. The van der Waals surface area contributed by atoms with Crippen LogP contribution in [-0.2, 0) is 0 Å². The Bertz CT molecular complexity index is 312. The van der Waals surface area contributed by atoms with Crippen molar-refractivity contribution in [2.24, 2.45) is 0 Å². The summed E-state index contributed by atoms with van der Waals surface area (Å²) in [5.41, 5.74) is 0.606. The number of aromatic amines is 1. The molecule has 2 N–H and O–H groups in total. The maximum atomic E-state index is 11.6. The van der Waals surface area contributed by atoms with E-state index in [2.05, 4.69) is 22.4 Å². The largest absolute Gasteiger partial charge is 0.348 e. The summed E-state index contributed by atoms with van der Waals surface area (Å²) in [7, 11) is 0. The Morgan fingerprint density at radius 3 is 3.21 bits per heavy atom. The van der Waals surface area contributed by atoms with E-state index in [1.54, 1.807) is 12.4 Å². The maximum absolute atomic E-state index is 11.6. The fraction of sp³-hybridized carbons (Fsp3) is 0.556. The lowest BCUT2D eigenvalue weighted by molar-refractivity contribution is 0.0940. The molecule has 1 aliphatic heterocycles. The molecule has 0 radical (unpaired) electrons. The Kier molecular flexibility index (Phi) is 2.77. The highest BCUT2D eigenvalue weighted by molar-refractivity contribution is 8.00. The molecule has 2 heterocycles. The first-order valence-electron chi connectivity index (χ1n) is 4.67. The average molecular weight is 211 g/mol. The normalized spacial score (nSPS) is 26.4. The van der Waals surface area contributed by atoms with E-state index in [9.17, 15) is 4.79 Å². The molecule has 1 fully saturated rings. The molecule has 1 aliphatic rings. The zero-order valence-corrected chi connectivity index (χ0v) is 8.80. The van der Waals surface area contributed by atoms with Gasteiger partial charge in [-0.1, -0.05) is 6.92 Å². The van der Waals surface area contributed by atoms with E-state index in [4.69, 9.17) is 0 Å². The summed E-state index contributed by atoms with van der Waals surface area (Å²) in [6, 6.07) is 0.317. The van der Waals surface area contributed by atoms with E-state index in [0.29, 0.717) is 16.9 Å². The van der Waals surface area contributed by atoms with E-state index in [1.165, 1.54) is 0 Å². The van der Waals surface area contributed by atoms with E-state index >= 15 is 0 Å². The van der Waals surface area contributed by atoms with Gasteiger partial charge in [0, 0.05) is 23.2 Å². The first-order chi connectivity index (χ1) is 6.75. The van der Waals surface area contributed by atoms with Crippen LogP contribution in [0.25, 0.3) is 0 Å². The van der Waals surface area contributed by atoms with Crippen LogP contribution in [0.5, 0.6) is 0 Å². The second-order valence-corrected chi connectivity index (χ2v) is 5.01. The van der Waals surface area contributed by atoms with Crippen molar-refractivity contribution in [3.05, 3.63) is 18.0 Å². The smallest absolute Gasteiger partial charge is 0.254 e. The summed E-state index contributed by atoms with van der Waals surface area (Å²) in [5.74, 6) is 0.989. The van der Waals surface area contributed by atoms with Crippen LogP contribution >= 0.6 is 11.8 Å². The molecule has 4 nitrogen and oxygen atoms in total. The van der Waals surface area contributed by atoms with E-state index < -0.39 is 0 Å². The fourth-order valence-electron chi connectivity index (χ4n) is 1.56. The number of amides is 1. The zero-order valence-electron chi connectivity index (χ0n) is 7.99. The molecule has 2 unspecified atom stereocenters. The lowest BCUT2D eigenvalue weighted by Crippen LogP contribution is -2.34. The number of nitrogens with zero attached hydrogens (tertiary/aromatic N) is 1. The number of aromatic nitrogens is 2. The Morgan fingerprint density at radius 1 is 1.79 bits per heavy atom. The van der Waals surface area contributed by atoms with Gasteiger partial charge >= 0.3 is 0 Å². The van der Waals surface area contributed by atoms with Gasteiger partial charge in [0.15, 0.2) is 0 Å². The van der Waals surface area contributed by atoms with Gasteiger partial charge in [-0.05, 0) is 6.42 Å². The van der Waals surface area contributed by atoms with Crippen molar-refractivity contribution in [1.29, 1.82) is 0 Å². The van der Waals surface area contributed by atoms with Crippen LogP contribution in [0.4, 0.5) is 0 Å². The zero-order chi connectivity index (χ0) is 9.97. The minimum atomic E-state index is -0.0292. The Labute approximate surface area is 86.8 Å². The second-order valence-electron chi connectivity index (χ2n) is 3.54. The highest BCUT2D eigenvalue weighted by Crippen LogP contribution is 2.25. The Balaban J connectivity index is 1.89. The number of hydrogen-bond donors (Lipinski definition) is 2. The van der Waals surface area contributed by atoms with Crippen LogP contribution in [-0.4, -0.2) is 33.1 Å². The van der Waals surface area contributed by atoms with Gasteiger partial charge in [-0.3, -0.25) is 9.89 Å². The maximum Gasteiger partial charge on any atom is 0.254 e. The number of carbonyl (C=O) groups is 1. The third-order valence-electron chi connectivity index (χ3n) is 2.29. The molecular weight excluding hydrogens is 198 g/mol. The van der Waals surface area contributed by atoms with E-state index in [-0.39, 0.29) is 5.91 Å². The number of thioether (sulfide) groups is 1. The molecule has 5 heteroatoms. The van der Waals surface area contributed by atoms with E-state index in [1.807, 2.05) is 11.8 Å². The summed E-state index contributed by atoms with van der Waals surface area (Å²) < 4.78 is 0. The van der Waals surface area contributed by atoms with Crippen molar-refractivity contribution in [1.82, 2.24) is 15.5 Å². The monoisotopic (exact) mass is 211 g/mol. The van der Waals surface area contributed by atoms with Crippen molar-refractivity contribution < 1.29 is 4.79 Å². The van der Waals surface area contributed by atoms with Crippen molar-refractivity contribution >= 4 is 17.7 Å². The van der Waals surface area contributed by atoms with Gasteiger partial charge in [0.05, 0.1) is 11.8 Å². The number of hydrogen-bond acceptors (Lipinski definition) is 3. The Morgan fingerprint density at radius 2 is 2.64 bits per heavy atom. The number of carbonyl (C=O) groups excluding carboxylic acids is 1. The van der Waals surface area contributed by atoms with Crippen LogP contribution in [0.1, 0.15) is 23.7 Å². The third kappa shape index (κ3) is 2.09. The summed E-state index contributed by atoms with van der Waals surface area (Å²) in [6.07, 6.45) is 4.22. The van der Waals surface area contributed by atoms with Crippen molar-refractivity contribution in [2.45, 2.75) is 24.6 Å². The summed E-state index contributed by atoms with van der Waals surface area (Å²) in [5, 5.41) is 10.0. The minimum absolute atomic E-state index is 0.0292. The molecule has 1 saturated heterocycles. The molecule has 2 rings (SSSR count). The standard InChI is InChI=1S/C9H13N3OS/c1-6-2-8(5-14-6)12-9(13)7-3-10-11-4-7/h3-4,6,8H,2,5H2,1H3,(H,10,11)(H,12,13). The van der Waals surface area contributed by atoms with Crippen LogP contribution < -0.4 is 5.32 Å². The average Bonchev–Trinajstić information content (AvgIpc) is 2.75. The number of nitrogens with one attached hydrogen (secondary N) is 2. The predicted molar refractivity (Wildman–Crippen MR) is 56.4 cm³/mol. The van der Waals surface area contributed by atoms with Gasteiger partial charge in [0.25, 0.3) is 5.91 Å². The lowest BCUT2D eigenvalue weighted by Gasteiger charge is -2.09. The topological polar surface area (TPSA) is 57.8 Å². The lowest BCUT2D eigenvalue weighted by atomic mass is 10.2. The van der Waals surface area contributed by atoms with Crippen LogP contribution in [0.2, 0.25) is 0 Å². The molecule has 0 spiro atoms. The molecule has 1 aromatic heterocycles. The van der Waals surface area contributed by atoms with Gasteiger partial charge in [-0.15, -0.1) is 0 Å². The van der Waals surface area contributed by atoms with Gasteiger partial charge in [0.2, 0.25) is 0 Å². The molecular formula is C9H13N3OS. The summed E-state index contributed by atoms with van der Waals surface area (Å²) in [4.78, 5) is 11.6. The molecule has 76 valence electrons. The molecule has 1 aromatic rings. The first-order valence-corrected chi connectivity index (χ1v) is 5.72. The third-order valence-corrected chi connectivity index (χ3v) is 3.65. The van der Waals surface area contributed by atoms with Crippen molar-refractivity contribution in [3.63, 3.8) is 0 Å². The number of rotatable bonds is 2. The SMILES string of the molecule is CC1CC(NC(=O)c2cn[nH]c2)CS1. The number of H-pyrrole nitrogens is 1. The highest BCUT2D eigenvalue weighted by Gasteiger charge is 2.23. The first kappa shape index (κ1) is 9.58. The highest BCUT2D eigenvalue weighted by atomic mass is 32.2. The molecule has 1 amide bonds. The summed E-state index contributed by atoms with van der Waals surface area (Å²) in [6.45, 7) is 2.19. The summed E-state index contributed by atoms with van der Waals surface area (Å²) >= 11 is 1.91. The minimum Gasteiger partial charge on any atom is -0.348 e. The fourth-order valence-corrected chi connectivity index (χ4v) is 2.71. The van der Waals surface area contributed by atoms with E-state index in [0.717, 1.165) is 12.2 Å². The van der Waals surface area contributed by atoms with Crippen LogP contribution in [0.3, 0.4) is 0 Å². The van der Waals surface area contributed by atoms with Crippen LogP contribution in [0, 0.1) is 0 Å². The van der Waals surface area contributed by atoms with Crippen molar-refractivity contribution in [2.75, 3.05) is 5.75 Å². The van der Waals surface area contributed by atoms with Crippen LogP contribution in [0.15, 0.2) is 12.4 Å². The second kappa shape index (κ2) is 4.04.